The zero-order valence-electron chi connectivity index (χ0n) is 12.2. The van der Waals surface area contributed by atoms with E-state index in [1.807, 2.05) is 0 Å². The molecule has 0 bridgehead atoms. The fourth-order valence-electron chi connectivity index (χ4n) is 1.67. The molecule has 134 valence electrons. The molecule has 0 aliphatic heterocycles. The minimum atomic E-state index is -4.77. The summed E-state index contributed by atoms with van der Waals surface area (Å²) >= 11 is 0. The van der Waals surface area contributed by atoms with Gasteiger partial charge in [-0.2, -0.15) is 0 Å². The molecule has 0 saturated carbocycles. The number of hydrogen-bond acceptors (Lipinski definition) is 3. The van der Waals surface area contributed by atoms with Crippen molar-refractivity contribution in [2.45, 2.75) is 12.7 Å². The van der Waals surface area contributed by atoms with Crippen LogP contribution < -0.4 is 14.8 Å². The summed E-state index contributed by atoms with van der Waals surface area (Å²) in [5.74, 6) is -0.741. The maximum absolute atomic E-state index is 12.0. The molecule has 0 radical (unpaired) electrons. The Hall–Kier alpha value is -2.91. The third-order valence-corrected chi connectivity index (χ3v) is 2.60. The molecular weight excluding hydrogens is 354 g/mol. The molecule has 0 aliphatic rings. The highest BCUT2D eigenvalue weighted by Gasteiger charge is 2.31. The molecule has 1 N–H and O–H groups in total. The van der Waals surface area contributed by atoms with Gasteiger partial charge in [-0.3, -0.25) is 0 Å². The van der Waals surface area contributed by atoms with Gasteiger partial charge in [0.1, 0.15) is 11.5 Å². The van der Waals surface area contributed by atoms with E-state index in [9.17, 15) is 26.3 Å². The Bertz CT molecular complexity index is 709. The van der Waals surface area contributed by atoms with Crippen molar-refractivity contribution in [2.24, 2.45) is 4.99 Å². The third-order valence-electron chi connectivity index (χ3n) is 2.60. The summed E-state index contributed by atoms with van der Waals surface area (Å²) in [6.45, 7) is 0. The summed E-state index contributed by atoms with van der Waals surface area (Å²) in [6, 6.07) is 9.73. The van der Waals surface area contributed by atoms with Crippen LogP contribution in [0, 0.1) is 0 Å². The lowest BCUT2D eigenvalue weighted by molar-refractivity contribution is -0.275. The molecular formula is C15H10F6N2O2. The second-order valence-electron chi connectivity index (χ2n) is 4.52. The van der Waals surface area contributed by atoms with E-state index < -0.39 is 12.7 Å². The SMILES string of the molecule is FC(F)(F)Oc1ccc(N=CNc2ccc(OC(F)(F)F)cc2)cc1. The Labute approximate surface area is 137 Å². The number of ether oxygens (including phenoxy) is 2. The van der Waals surface area contributed by atoms with Crippen LogP contribution >= 0.6 is 0 Å². The topological polar surface area (TPSA) is 42.8 Å². The summed E-state index contributed by atoms with van der Waals surface area (Å²) in [5, 5.41) is 2.70. The number of benzene rings is 2. The zero-order valence-corrected chi connectivity index (χ0v) is 12.2. The lowest BCUT2D eigenvalue weighted by Gasteiger charge is -2.09. The van der Waals surface area contributed by atoms with Gasteiger partial charge in [0, 0.05) is 5.69 Å². The van der Waals surface area contributed by atoms with E-state index in [1.165, 1.54) is 30.6 Å². The highest BCUT2D eigenvalue weighted by Crippen LogP contribution is 2.25. The molecule has 4 nitrogen and oxygen atoms in total. The number of aliphatic imine (C=N–C) groups is 1. The second-order valence-corrected chi connectivity index (χ2v) is 4.52. The summed E-state index contributed by atoms with van der Waals surface area (Å²) in [5.41, 5.74) is 0.786. The van der Waals surface area contributed by atoms with Gasteiger partial charge in [0.05, 0.1) is 12.0 Å². The normalized spacial score (nSPS) is 12.2. The van der Waals surface area contributed by atoms with E-state index in [-0.39, 0.29) is 11.5 Å². The number of halogens is 6. The first kappa shape index (κ1) is 18.4. The number of hydrogen-bond donors (Lipinski definition) is 1. The van der Waals surface area contributed by atoms with Gasteiger partial charge in [-0.25, -0.2) is 4.99 Å². The fourth-order valence-corrected chi connectivity index (χ4v) is 1.67. The Balaban J connectivity index is 1.90. The summed E-state index contributed by atoms with van der Waals surface area (Å²) in [6.07, 6.45) is -8.30. The van der Waals surface area contributed by atoms with Crippen molar-refractivity contribution in [1.82, 2.24) is 0 Å². The molecule has 25 heavy (non-hydrogen) atoms. The van der Waals surface area contributed by atoms with Gasteiger partial charge in [-0.1, -0.05) is 0 Å². The Morgan fingerprint density at radius 2 is 1.16 bits per heavy atom. The van der Waals surface area contributed by atoms with Gasteiger partial charge in [-0.05, 0) is 48.5 Å². The zero-order chi connectivity index (χ0) is 18.5. The van der Waals surface area contributed by atoms with Crippen molar-refractivity contribution < 1.29 is 35.8 Å². The third kappa shape index (κ3) is 7.02. The Morgan fingerprint density at radius 1 is 0.720 bits per heavy atom. The Kier molecular flexibility index (Phi) is 5.40. The van der Waals surface area contributed by atoms with E-state index in [2.05, 4.69) is 19.8 Å². The number of nitrogens with zero attached hydrogens (tertiary/aromatic N) is 1. The van der Waals surface area contributed by atoms with Crippen LogP contribution in [0.25, 0.3) is 0 Å². The van der Waals surface area contributed by atoms with Crippen molar-refractivity contribution in [3.63, 3.8) is 0 Å². The maximum atomic E-state index is 12.0. The molecule has 2 aromatic carbocycles. The predicted molar refractivity (Wildman–Crippen MR) is 78.0 cm³/mol. The van der Waals surface area contributed by atoms with Crippen LogP contribution in [-0.4, -0.2) is 19.1 Å². The van der Waals surface area contributed by atoms with Crippen LogP contribution in [0.2, 0.25) is 0 Å². The average molecular weight is 364 g/mol. The summed E-state index contributed by atoms with van der Waals surface area (Å²) in [4.78, 5) is 3.94. The van der Waals surface area contributed by atoms with Gasteiger partial charge in [0.15, 0.2) is 0 Å². The van der Waals surface area contributed by atoms with Gasteiger partial charge in [-0.15, -0.1) is 26.3 Å². The minimum Gasteiger partial charge on any atom is -0.406 e. The molecule has 0 aromatic heterocycles. The molecule has 0 heterocycles. The molecule has 10 heteroatoms. The molecule has 0 atom stereocenters. The van der Waals surface area contributed by atoms with Crippen LogP contribution in [0.3, 0.4) is 0 Å². The van der Waals surface area contributed by atoms with Crippen molar-refractivity contribution in [3.8, 4) is 11.5 Å². The molecule has 0 spiro atoms. The summed E-state index contributed by atoms with van der Waals surface area (Å²) < 4.78 is 79.6. The quantitative estimate of drug-likeness (QED) is 0.447. The van der Waals surface area contributed by atoms with Gasteiger partial charge in [0.25, 0.3) is 0 Å². The van der Waals surface area contributed by atoms with E-state index in [4.69, 9.17) is 0 Å². The van der Waals surface area contributed by atoms with E-state index >= 15 is 0 Å². The molecule has 2 aromatic rings. The first-order chi connectivity index (χ1) is 11.6. The van der Waals surface area contributed by atoms with Gasteiger partial charge < -0.3 is 14.8 Å². The largest absolute Gasteiger partial charge is 0.573 e. The lowest BCUT2D eigenvalue weighted by atomic mass is 10.3. The number of rotatable bonds is 5. The first-order valence-corrected chi connectivity index (χ1v) is 6.61. The standard InChI is InChI=1S/C15H10F6N2O2/c16-14(17,18)24-12-5-1-10(2-6-12)22-9-23-11-3-7-13(8-4-11)25-15(19,20)21/h1-9H,(H,22,23). The lowest BCUT2D eigenvalue weighted by Crippen LogP contribution is -2.17. The number of anilines is 1. The first-order valence-electron chi connectivity index (χ1n) is 6.61. The molecule has 0 unspecified atom stereocenters. The van der Waals surface area contributed by atoms with Gasteiger partial charge in [0.2, 0.25) is 0 Å². The molecule has 0 aliphatic carbocycles. The van der Waals surface area contributed by atoms with Crippen LogP contribution in [0.5, 0.6) is 11.5 Å². The molecule has 0 saturated heterocycles. The molecule has 2 rings (SSSR count). The smallest absolute Gasteiger partial charge is 0.406 e. The van der Waals surface area contributed by atoms with Crippen molar-refractivity contribution in [1.29, 1.82) is 0 Å². The van der Waals surface area contributed by atoms with E-state index in [0.29, 0.717) is 11.4 Å². The number of nitrogens with one attached hydrogen (secondary N) is 1. The van der Waals surface area contributed by atoms with E-state index in [0.717, 1.165) is 24.3 Å². The Morgan fingerprint density at radius 3 is 1.60 bits per heavy atom. The minimum absolute atomic E-state index is 0.346. The van der Waals surface area contributed by atoms with Crippen LogP contribution in [-0.2, 0) is 0 Å². The average Bonchev–Trinajstić information content (AvgIpc) is 2.48. The van der Waals surface area contributed by atoms with Crippen LogP contribution in [0.1, 0.15) is 0 Å². The van der Waals surface area contributed by atoms with Crippen molar-refractivity contribution >= 4 is 17.7 Å². The van der Waals surface area contributed by atoms with Gasteiger partial charge >= 0.3 is 12.7 Å². The fraction of sp³-hybridized carbons (Fsp3) is 0.133. The molecule has 0 amide bonds. The maximum Gasteiger partial charge on any atom is 0.573 e. The summed E-state index contributed by atoms with van der Waals surface area (Å²) in [7, 11) is 0. The highest BCUT2D eigenvalue weighted by molar-refractivity contribution is 5.78. The molecule has 0 fully saturated rings. The van der Waals surface area contributed by atoms with Crippen molar-refractivity contribution in [2.75, 3.05) is 5.32 Å². The van der Waals surface area contributed by atoms with Crippen molar-refractivity contribution in [3.05, 3.63) is 48.5 Å². The monoisotopic (exact) mass is 364 g/mol. The second kappa shape index (κ2) is 7.32. The van der Waals surface area contributed by atoms with E-state index in [1.54, 1.807) is 0 Å². The van der Waals surface area contributed by atoms with Crippen LogP contribution in [0.15, 0.2) is 53.5 Å². The number of alkyl halides is 6. The predicted octanol–water partition coefficient (Wildman–Crippen LogP) is 5.26. The van der Waals surface area contributed by atoms with Crippen LogP contribution in [0.4, 0.5) is 37.7 Å². The highest BCUT2D eigenvalue weighted by atomic mass is 19.4.